The fraction of sp³-hybridized carbons (Fsp3) is 0. The van der Waals surface area contributed by atoms with Gasteiger partial charge in [0.15, 0.2) is 0 Å². The van der Waals surface area contributed by atoms with Crippen LogP contribution >= 0.6 is 0 Å². The number of hydrogen-bond donors (Lipinski definition) is 1. The van der Waals surface area contributed by atoms with Gasteiger partial charge in [-0.3, -0.25) is 0 Å². The predicted molar refractivity (Wildman–Crippen MR) is 88.5 cm³/mol. The number of phenolic OH excluding ortho intramolecular Hbond substituents is 1. The predicted octanol–water partition coefficient (Wildman–Crippen LogP) is 5.50. The number of fused-ring (bicyclic) bond motifs is 3. The molecule has 0 saturated heterocycles. The van der Waals surface area contributed by atoms with E-state index in [4.69, 9.17) is 0 Å². The Morgan fingerprint density at radius 3 is 2.09 bits per heavy atom. The van der Waals surface area contributed by atoms with Crippen molar-refractivity contribution in [2.75, 3.05) is 0 Å². The van der Waals surface area contributed by atoms with Crippen LogP contribution in [-0.2, 0) is 0 Å². The van der Waals surface area contributed by atoms with Crippen LogP contribution < -0.4 is 0 Å². The molecule has 0 saturated carbocycles. The van der Waals surface area contributed by atoms with Crippen LogP contribution in [0.15, 0.2) is 72.8 Å². The molecule has 4 rings (SSSR count). The van der Waals surface area contributed by atoms with E-state index >= 15 is 0 Å². The maximum absolute atomic E-state index is 13.3. The molecule has 0 aliphatic rings. The van der Waals surface area contributed by atoms with Crippen molar-refractivity contribution in [3.8, 4) is 16.9 Å². The normalized spacial score (nSPS) is 11.1. The fourth-order valence-corrected chi connectivity index (χ4v) is 3.01. The summed E-state index contributed by atoms with van der Waals surface area (Å²) < 4.78 is 13.3. The summed E-state index contributed by atoms with van der Waals surface area (Å²) in [6.07, 6.45) is 0. The van der Waals surface area contributed by atoms with Crippen LogP contribution in [0, 0.1) is 5.82 Å². The molecule has 0 bridgehead atoms. The molecule has 0 unspecified atom stereocenters. The first-order chi connectivity index (χ1) is 10.7. The first-order valence-electron chi connectivity index (χ1n) is 7.13. The summed E-state index contributed by atoms with van der Waals surface area (Å²) in [7, 11) is 0. The first-order valence-corrected chi connectivity index (χ1v) is 7.13. The van der Waals surface area contributed by atoms with Crippen molar-refractivity contribution in [2.45, 2.75) is 0 Å². The lowest BCUT2D eigenvalue weighted by atomic mass is 9.93. The molecule has 0 spiro atoms. The van der Waals surface area contributed by atoms with Gasteiger partial charge in [-0.25, -0.2) is 4.39 Å². The molecule has 1 nitrogen and oxygen atoms in total. The average molecular weight is 288 g/mol. The van der Waals surface area contributed by atoms with Crippen LogP contribution in [0.1, 0.15) is 0 Å². The second-order valence-electron chi connectivity index (χ2n) is 5.35. The Bertz CT molecular complexity index is 1000. The molecule has 0 aromatic heterocycles. The molecular formula is C20H13FO. The van der Waals surface area contributed by atoms with Gasteiger partial charge in [0.05, 0.1) is 0 Å². The Morgan fingerprint density at radius 2 is 1.32 bits per heavy atom. The fourth-order valence-electron chi connectivity index (χ4n) is 3.01. The van der Waals surface area contributed by atoms with E-state index in [9.17, 15) is 9.50 Å². The Hall–Kier alpha value is -2.87. The van der Waals surface area contributed by atoms with Crippen LogP contribution in [0.3, 0.4) is 0 Å². The van der Waals surface area contributed by atoms with Crippen LogP contribution in [0.25, 0.3) is 32.7 Å². The molecule has 0 atom stereocenters. The quantitative estimate of drug-likeness (QED) is 0.458. The SMILES string of the molecule is Oc1cc(F)ccc1-c1cc2ccccc2c2ccccc12. The van der Waals surface area contributed by atoms with Crippen LogP contribution in [0.5, 0.6) is 5.75 Å². The Labute approximate surface area is 127 Å². The molecule has 0 radical (unpaired) electrons. The minimum atomic E-state index is -0.439. The minimum absolute atomic E-state index is 0.0413. The average Bonchev–Trinajstić information content (AvgIpc) is 2.54. The van der Waals surface area contributed by atoms with Gasteiger partial charge in [-0.15, -0.1) is 0 Å². The lowest BCUT2D eigenvalue weighted by molar-refractivity contribution is 0.471. The minimum Gasteiger partial charge on any atom is -0.507 e. The van der Waals surface area contributed by atoms with E-state index in [2.05, 4.69) is 12.1 Å². The van der Waals surface area contributed by atoms with Gasteiger partial charge in [0, 0.05) is 11.6 Å². The van der Waals surface area contributed by atoms with E-state index in [1.54, 1.807) is 6.07 Å². The third-order valence-electron chi connectivity index (χ3n) is 4.02. The number of rotatable bonds is 1. The zero-order valence-electron chi connectivity index (χ0n) is 11.8. The molecule has 0 aliphatic heterocycles. The van der Waals surface area contributed by atoms with Gasteiger partial charge in [-0.05, 0) is 45.3 Å². The highest BCUT2D eigenvalue weighted by molar-refractivity contribution is 6.14. The number of aromatic hydroxyl groups is 1. The molecule has 1 N–H and O–H groups in total. The van der Waals surface area contributed by atoms with Crippen molar-refractivity contribution < 1.29 is 9.50 Å². The molecule has 4 aromatic rings. The van der Waals surface area contributed by atoms with E-state index in [0.29, 0.717) is 5.56 Å². The molecule has 106 valence electrons. The maximum Gasteiger partial charge on any atom is 0.126 e. The molecule has 4 aromatic carbocycles. The third kappa shape index (κ3) is 1.92. The lowest BCUT2D eigenvalue weighted by Crippen LogP contribution is -1.86. The number of phenols is 1. The Kier molecular flexibility index (Phi) is 2.83. The van der Waals surface area contributed by atoms with E-state index in [1.165, 1.54) is 11.5 Å². The van der Waals surface area contributed by atoms with Gasteiger partial charge >= 0.3 is 0 Å². The van der Waals surface area contributed by atoms with Gasteiger partial charge < -0.3 is 5.11 Å². The largest absolute Gasteiger partial charge is 0.507 e. The zero-order chi connectivity index (χ0) is 15.1. The molecular weight excluding hydrogens is 275 g/mol. The van der Waals surface area contributed by atoms with Crippen LogP contribution in [0.2, 0.25) is 0 Å². The number of halogens is 1. The second-order valence-corrected chi connectivity index (χ2v) is 5.35. The van der Waals surface area contributed by atoms with Gasteiger partial charge in [-0.2, -0.15) is 0 Å². The summed E-state index contributed by atoms with van der Waals surface area (Å²) in [6.45, 7) is 0. The number of hydrogen-bond acceptors (Lipinski definition) is 1. The van der Waals surface area contributed by atoms with Gasteiger partial charge in [0.1, 0.15) is 11.6 Å². The lowest BCUT2D eigenvalue weighted by Gasteiger charge is -2.12. The summed E-state index contributed by atoms with van der Waals surface area (Å²) in [5, 5.41) is 14.6. The first kappa shape index (κ1) is 12.8. The maximum atomic E-state index is 13.3. The van der Waals surface area contributed by atoms with Gasteiger partial charge in [-0.1, -0.05) is 48.5 Å². The second kappa shape index (κ2) is 4.85. The van der Waals surface area contributed by atoms with Crippen molar-refractivity contribution in [1.82, 2.24) is 0 Å². The Morgan fingerprint density at radius 1 is 0.636 bits per heavy atom. The summed E-state index contributed by atoms with van der Waals surface area (Å²) in [6, 6.07) is 22.4. The van der Waals surface area contributed by atoms with Crippen LogP contribution in [-0.4, -0.2) is 5.11 Å². The third-order valence-corrected chi connectivity index (χ3v) is 4.02. The van der Waals surface area contributed by atoms with Gasteiger partial charge in [0.2, 0.25) is 0 Å². The van der Waals surface area contributed by atoms with Crippen molar-refractivity contribution in [3.63, 3.8) is 0 Å². The molecule has 0 heterocycles. The molecule has 0 amide bonds. The molecule has 2 heteroatoms. The topological polar surface area (TPSA) is 20.2 Å². The van der Waals surface area contributed by atoms with E-state index in [1.807, 2.05) is 42.5 Å². The van der Waals surface area contributed by atoms with E-state index < -0.39 is 5.82 Å². The highest BCUT2D eigenvalue weighted by atomic mass is 19.1. The monoisotopic (exact) mass is 288 g/mol. The highest BCUT2D eigenvalue weighted by Gasteiger charge is 2.11. The van der Waals surface area contributed by atoms with E-state index in [0.717, 1.165) is 27.8 Å². The van der Waals surface area contributed by atoms with E-state index in [-0.39, 0.29) is 5.75 Å². The smallest absolute Gasteiger partial charge is 0.126 e. The summed E-state index contributed by atoms with van der Waals surface area (Å²) >= 11 is 0. The summed E-state index contributed by atoms with van der Waals surface area (Å²) in [5.74, 6) is -0.480. The van der Waals surface area contributed by atoms with Crippen molar-refractivity contribution in [3.05, 3.63) is 78.6 Å². The van der Waals surface area contributed by atoms with Crippen molar-refractivity contribution >= 4 is 21.5 Å². The zero-order valence-corrected chi connectivity index (χ0v) is 11.8. The number of benzene rings is 4. The molecule has 0 fully saturated rings. The van der Waals surface area contributed by atoms with Gasteiger partial charge in [0.25, 0.3) is 0 Å². The van der Waals surface area contributed by atoms with Crippen LogP contribution in [0.4, 0.5) is 4.39 Å². The standard InChI is InChI=1S/C20H13FO/c21-14-9-10-18(20(22)12-14)19-11-13-5-1-2-6-15(13)16-7-3-4-8-17(16)19/h1-12,22H. The molecule has 0 aliphatic carbocycles. The molecule has 22 heavy (non-hydrogen) atoms. The summed E-state index contributed by atoms with van der Waals surface area (Å²) in [5.41, 5.74) is 1.55. The Balaban J connectivity index is 2.16. The highest BCUT2D eigenvalue weighted by Crippen LogP contribution is 2.38. The van der Waals surface area contributed by atoms with Crippen molar-refractivity contribution in [1.29, 1.82) is 0 Å². The summed E-state index contributed by atoms with van der Waals surface area (Å²) in [4.78, 5) is 0. The van der Waals surface area contributed by atoms with Crippen molar-refractivity contribution in [2.24, 2.45) is 0 Å².